The van der Waals surface area contributed by atoms with Crippen molar-refractivity contribution in [1.82, 2.24) is 4.90 Å². The molecule has 2 rings (SSSR count). The number of hydrogen-bond donors (Lipinski definition) is 1. The van der Waals surface area contributed by atoms with Crippen LogP contribution in [0, 0.1) is 0 Å². The summed E-state index contributed by atoms with van der Waals surface area (Å²) < 4.78 is 0. The van der Waals surface area contributed by atoms with Crippen LogP contribution in [0.5, 0.6) is 0 Å². The van der Waals surface area contributed by atoms with Gasteiger partial charge in [-0.15, -0.1) is 0 Å². The minimum atomic E-state index is -0.315. The molecule has 2 heterocycles. The minimum Gasteiger partial charge on any atom is -0.389 e. The van der Waals surface area contributed by atoms with E-state index in [-0.39, 0.29) is 6.10 Å². The highest BCUT2D eigenvalue weighted by molar-refractivity contribution is 5.95. The van der Waals surface area contributed by atoms with Crippen molar-refractivity contribution in [2.24, 2.45) is 4.99 Å². The quantitative estimate of drug-likeness (QED) is 0.567. The molecule has 0 fully saturated rings. The fraction of sp³-hybridized carbons (Fsp3) is 0.444. The van der Waals surface area contributed by atoms with E-state index in [1.54, 1.807) is 0 Å². The van der Waals surface area contributed by atoms with Gasteiger partial charge in [-0.1, -0.05) is 6.08 Å². The Morgan fingerprint density at radius 3 is 3.25 bits per heavy atom. The predicted octanol–water partition coefficient (Wildman–Crippen LogP) is 0.535. The fourth-order valence-corrected chi connectivity index (χ4v) is 1.43. The van der Waals surface area contributed by atoms with Gasteiger partial charge in [0.15, 0.2) is 0 Å². The Labute approximate surface area is 71.7 Å². The van der Waals surface area contributed by atoms with E-state index >= 15 is 0 Å². The van der Waals surface area contributed by atoms with Crippen molar-refractivity contribution in [3.63, 3.8) is 0 Å². The van der Waals surface area contributed by atoms with Crippen LogP contribution in [0.4, 0.5) is 0 Å². The van der Waals surface area contributed by atoms with E-state index in [2.05, 4.69) is 4.99 Å². The maximum atomic E-state index is 9.33. The lowest BCUT2D eigenvalue weighted by Gasteiger charge is -2.29. The molecule has 1 N–H and O–H groups in total. The molecule has 0 aromatic carbocycles. The van der Waals surface area contributed by atoms with E-state index in [0.29, 0.717) is 13.1 Å². The maximum Gasteiger partial charge on any atom is 0.127 e. The van der Waals surface area contributed by atoms with Gasteiger partial charge in [0.05, 0.1) is 19.2 Å². The Morgan fingerprint density at radius 2 is 2.42 bits per heavy atom. The highest BCUT2D eigenvalue weighted by Gasteiger charge is 2.19. The van der Waals surface area contributed by atoms with Crippen LogP contribution in [0.2, 0.25) is 0 Å². The Morgan fingerprint density at radius 1 is 1.58 bits per heavy atom. The normalized spacial score (nSPS) is 27.8. The number of fused-ring (bicyclic) bond motifs is 1. The van der Waals surface area contributed by atoms with Gasteiger partial charge in [-0.25, -0.2) is 0 Å². The molecule has 64 valence electrons. The van der Waals surface area contributed by atoms with Gasteiger partial charge in [-0.2, -0.15) is 0 Å². The lowest BCUT2D eigenvalue weighted by molar-refractivity contribution is 0.154. The smallest absolute Gasteiger partial charge is 0.127 e. The average molecular weight is 164 g/mol. The number of aliphatic hydroxyl groups excluding tert-OH is 1. The lowest BCUT2D eigenvalue weighted by atomic mass is 10.2. The zero-order valence-electron chi connectivity index (χ0n) is 7.07. The fourth-order valence-electron chi connectivity index (χ4n) is 1.43. The topological polar surface area (TPSA) is 35.8 Å². The largest absolute Gasteiger partial charge is 0.389 e. The van der Waals surface area contributed by atoms with Gasteiger partial charge in [-0.05, 0) is 18.6 Å². The molecule has 0 radical (unpaired) electrons. The number of rotatable bonds is 0. The molecule has 12 heavy (non-hydrogen) atoms. The number of hydrogen-bond acceptors (Lipinski definition) is 3. The van der Waals surface area contributed by atoms with Crippen LogP contribution in [-0.4, -0.2) is 35.0 Å². The first-order valence-corrected chi connectivity index (χ1v) is 4.11. The van der Waals surface area contributed by atoms with E-state index in [1.807, 2.05) is 30.2 Å². The van der Waals surface area contributed by atoms with Crippen molar-refractivity contribution in [3.05, 3.63) is 23.9 Å². The summed E-state index contributed by atoms with van der Waals surface area (Å²) in [5, 5.41) is 9.33. The molecule has 0 unspecified atom stereocenters. The molecule has 0 saturated heterocycles. The van der Waals surface area contributed by atoms with Crippen LogP contribution in [0.3, 0.4) is 0 Å². The highest BCUT2D eigenvalue weighted by Crippen LogP contribution is 2.13. The number of aliphatic hydroxyl groups is 1. The van der Waals surface area contributed by atoms with Crippen molar-refractivity contribution in [2.45, 2.75) is 13.0 Å². The molecule has 0 aromatic heterocycles. The number of amidine groups is 1. The van der Waals surface area contributed by atoms with E-state index in [9.17, 15) is 5.11 Å². The zero-order chi connectivity index (χ0) is 8.55. The monoisotopic (exact) mass is 164 g/mol. The third-order valence-electron chi connectivity index (χ3n) is 2.02. The Balaban J connectivity index is 2.25. The number of aliphatic imine (C=N–C) groups is 1. The third-order valence-corrected chi connectivity index (χ3v) is 2.02. The van der Waals surface area contributed by atoms with Crippen molar-refractivity contribution in [2.75, 3.05) is 13.1 Å². The molecule has 3 heteroatoms. The van der Waals surface area contributed by atoms with Crippen molar-refractivity contribution in [3.8, 4) is 0 Å². The number of allylic oxidation sites excluding steroid dienone is 2. The summed E-state index contributed by atoms with van der Waals surface area (Å²) in [4.78, 5) is 6.22. The van der Waals surface area contributed by atoms with Crippen molar-refractivity contribution >= 4 is 5.84 Å². The summed E-state index contributed by atoms with van der Waals surface area (Å²) in [5.74, 6) is 0.964. The summed E-state index contributed by atoms with van der Waals surface area (Å²) >= 11 is 0. The van der Waals surface area contributed by atoms with Crippen LogP contribution < -0.4 is 0 Å². The van der Waals surface area contributed by atoms with Crippen LogP contribution in [0.15, 0.2) is 28.9 Å². The summed E-state index contributed by atoms with van der Waals surface area (Å²) in [6, 6.07) is 0. The maximum absolute atomic E-state index is 9.33. The first-order chi connectivity index (χ1) is 5.75. The van der Waals surface area contributed by atoms with Crippen LogP contribution >= 0.6 is 0 Å². The van der Waals surface area contributed by atoms with Gasteiger partial charge in [0.1, 0.15) is 5.84 Å². The average Bonchev–Trinajstić information content (AvgIpc) is 2.03. The molecule has 3 nitrogen and oxygen atoms in total. The Bertz CT molecular complexity index is 278. The molecular formula is C9H12N2O. The van der Waals surface area contributed by atoms with Gasteiger partial charge in [0.2, 0.25) is 0 Å². The molecule has 0 saturated carbocycles. The SMILES string of the molecule is CC1=CN2C[C@@H](O)CN=C2C=C1. The standard InChI is InChI=1S/C9H12N2O/c1-7-2-3-9-10-4-8(12)6-11(9)5-7/h2-3,5,8,12H,4,6H2,1H3/t8-/m0/s1. The molecule has 2 aliphatic rings. The Kier molecular flexibility index (Phi) is 1.73. The van der Waals surface area contributed by atoms with Crippen molar-refractivity contribution < 1.29 is 5.11 Å². The van der Waals surface area contributed by atoms with Crippen molar-refractivity contribution in [1.29, 1.82) is 0 Å². The van der Waals surface area contributed by atoms with E-state index in [4.69, 9.17) is 0 Å². The second-order valence-electron chi connectivity index (χ2n) is 3.21. The molecular weight excluding hydrogens is 152 g/mol. The first-order valence-electron chi connectivity index (χ1n) is 4.11. The van der Waals surface area contributed by atoms with E-state index < -0.39 is 0 Å². The van der Waals surface area contributed by atoms with E-state index in [1.165, 1.54) is 5.57 Å². The zero-order valence-corrected chi connectivity index (χ0v) is 7.07. The molecule has 0 aliphatic carbocycles. The van der Waals surface area contributed by atoms with Gasteiger partial charge in [-0.3, -0.25) is 4.99 Å². The summed E-state index contributed by atoms with van der Waals surface area (Å²) in [7, 11) is 0. The molecule has 0 spiro atoms. The predicted molar refractivity (Wildman–Crippen MR) is 47.9 cm³/mol. The Hall–Kier alpha value is -1.09. The highest BCUT2D eigenvalue weighted by atomic mass is 16.3. The second kappa shape index (κ2) is 2.75. The summed E-state index contributed by atoms with van der Waals surface area (Å²) in [6.45, 7) is 3.23. The van der Waals surface area contributed by atoms with Gasteiger partial charge in [0, 0.05) is 6.20 Å². The van der Waals surface area contributed by atoms with E-state index in [0.717, 1.165) is 5.84 Å². The van der Waals surface area contributed by atoms with Gasteiger partial charge >= 0.3 is 0 Å². The van der Waals surface area contributed by atoms with Gasteiger partial charge < -0.3 is 10.0 Å². The first kappa shape index (κ1) is 7.55. The summed E-state index contributed by atoms with van der Waals surface area (Å²) in [5.41, 5.74) is 1.20. The minimum absolute atomic E-state index is 0.315. The van der Waals surface area contributed by atoms with Crippen LogP contribution in [0.1, 0.15) is 6.92 Å². The lowest BCUT2D eigenvalue weighted by Crippen LogP contribution is -2.39. The molecule has 0 aromatic rings. The van der Waals surface area contributed by atoms with Gasteiger partial charge in [0.25, 0.3) is 0 Å². The molecule has 1 atom stereocenters. The number of nitrogens with zero attached hydrogens (tertiary/aromatic N) is 2. The second-order valence-corrected chi connectivity index (χ2v) is 3.21. The molecule has 0 bridgehead atoms. The summed E-state index contributed by atoms with van der Waals surface area (Å²) in [6.07, 6.45) is 5.72. The molecule has 2 aliphatic heterocycles. The van der Waals surface area contributed by atoms with Crippen LogP contribution in [0.25, 0.3) is 0 Å². The molecule has 0 amide bonds. The third kappa shape index (κ3) is 1.28. The van der Waals surface area contributed by atoms with Crippen LogP contribution in [-0.2, 0) is 0 Å².